The fourth-order valence-electron chi connectivity index (χ4n) is 2.62. The van der Waals surface area contributed by atoms with Gasteiger partial charge >= 0.3 is 0 Å². The van der Waals surface area contributed by atoms with Crippen LogP contribution in [0.4, 0.5) is 0 Å². The Bertz CT molecular complexity index is 326. The average Bonchev–Trinajstić information content (AvgIpc) is 2.29. The maximum Gasteiger partial charge on any atom is 0.0281 e. The van der Waals surface area contributed by atoms with Crippen LogP contribution in [-0.2, 0) is 0 Å². The van der Waals surface area contributed by atoms with Gasteiger partial charge in [0, 0.05) is 5.41 Å². The first kappa shape index (κ1) is 8.80. The Hall–Kier alpha value is -0.780. The van der Waals surface area contributed by atoms with E-state index in [-0.39, 0.29) is 5.41 Å². The summed E-state index contributed by atoms with van der Waals surface area (Å²) in [7, 11) is 0. The van der Waals surface area contributed by atoms with Gasteiger partial charge in [0.1, 0.15) is 0 Å². The molecule has 2 aliphatic rings. The zero-order valence-corrected chi connectivity index (χ0v) is 9.02. The van der Waals surface area contributed by atoms with Crippen LogP contribution in [-0.4, -0.2) is 0 Å². The van der Waals surface area contributed by atoms with Crippen LogP contribution in [0.15, 0.2) is 35.5 Å². The summed E-state index contributed by atoms with van der Waals surface area (Å²) >= 11 is 0. The molecule has 0 saturated heterocycles. The van der Waals surface area contributed by atoms with E-state index >= 15 is 0 Å². The quantitative estimate of drug-likeness (QED) is 0.489. The van der Waals surface area contributed by atoms with Crippen molar-refractivity contribution in [2.75, 3.05) is 0 Å². The summed E-state index contributed by atoms with van der Waals surface area (Å²) in [4.78, 5) is 0. The maximum atomic E-state index is 2.36. The normalized spacial score (nSPS) is 35.4. The molecule has 0 spiro atoms. The molecule has 0 fully saturated rings. The molecule has 0 bridgehead atoms. The maximum absolute atomic E-state index is 2.36. The molecule has 2 rings (SSSR count). The third-order valence-electron chi connectivity index (χ3n) is 3.69. The van der Waals surface area contributed by atoms with Crippen molar-refractivity contribution >= 4 is 0 Å². The van der Waals surface area contributed by atoms with E-state index in [1.165, 1.54) is 12.0 Å². The van der Waals surface area contributed by atoms with Crippen LogP contribution in [0.2, 0.25) is 0 Å². The highest BCUT2D eigenvalue weighted by atomic mass is 14.4. The molecule has 0 aromatic heterocycles. The van der Waals surface area contributed by atoms with Gasteiger partial charge in [-0.25, -0.2) is 0 Å². The molecule has 0 aromatic carbocycles. The van der Waals surface area contributed by atoms with Gasteiger partial charge in [-0.2, -0.15) is 0 Å². The molecular formula is C13H18. The Balaban J connectivity index is 2.53. The van der Waals surface area contributed by atoms with Crippen molar-refractivity contribution in [1.82, 2.24) is 0 Å². The molecule has 13 heavy (non-hydrogen) atoms. The van der Waals surface area contributed by atoms with E-state index in [1.54, 1.807) is 5.57 Å². The molecule has 2 aliphatic carbocycles. The lowest BCUT2D eigenvalue weighted by molar-refractivity contribution is 0.362. The van der Waals surface area contributed by atoms with Crippen molar-refractivity contribution in [1.29, 1.82) is 0 Å². The summed E-state index contributed by atoms with van der Waals surface area (Å²) in [6.07, 6.45) is 10.5. The Morgan fingerprint density at radius 2 is 1.85 bits per heavy atom. The SMILES string of the molecule is CC1=CC=C2C(C)(C)CC=CC12C. The Kier molecular flexibility index (Phi) is 1.61. The molecule has 0 N–H and O–H groups in total. The van der Waals surface area contributed by atoms with Crippen molar-refractivity contribution in [3.63, 3.8) is 0 Å². The van der Waals surface area contributed by atoms with Crippen molar-refractivity contribution in [3.05, 3.63) is 35.5 Å². The van der Waals surface area contributed by atoms with Gasteiger partial charge in [-0.1, -0.05) is 49.3 Å². The van der Waals surface area contributed by atoms with Crippen LogP contribution in [0.25, 0.3) is 0 Å². The third-order valence-corrected chi connectivity index (χ3v) is 3.69. The van der Waals surface area contributed by atoms with Crippen molar-refractivity contribution in [2.24, 2.45) is 10.8 Å². The standard InChI is InChI=1S/C13H18/c1-10-6-7-11-12(2,3)8-5-9-13(10,11)4/h5-7,9H,8H2,1-4H3. The average molecular weight is 174 g/mol. The minimum atomic E-state index is 0.224. The van der Waals surface area contributed by atoms with Gasteiger partial charge in [0.2, 0.25) is 0 Å². The molecule has 0 heteroatoms. The minimum absolute atomic E-state index is 0.224. The first-order valence-electron chi connectivity index (χ1n) is 5.04. The molecule has 0 heterocycles. The highest BCUT2D eigenvalue weighted by molar-refractivity contribution is 5.48. The van der Waals surface area contributed by atoms with Crippen LogP contribution < -0.4 is 0 Å². The second-order valence-electron chi connectivity index (χ2n) is 5.12. The molecular weight excluding hydrogens is 156 g/mol. The van der Waals surface area contributed by atoms with Crippen LogP contribution in [0.3, 0.4) is 0 Å². The monoisotopic (exact) mass is 174 g/mol. The zero-order valence-electron chi connectivity index (χ0n) is 9.02. The summed E-state index contributed by atoms with van der Waals surface area (Å²) in [5, 5.41) is 0. The van der Waals surface area contributed by atoms with Crippen molar-refractivity contribution in [2.45, 2.75) is 34.1 Å². The van der Waals surface area contributed by atoms with E-state index in [0.717, 1.165) is 0 Å². The summed E-state index contributed by atoms with van der Waals surface area (Å²) in [6, 6.07) is 0. The summed E-state index contributed by atoms with van der Waals surface area (Å²) in [6.45, 7) is 9.24. The van der Waals surface area contributed by atoms with Crippen molar-refractivity contribution < 1.29 is 0 Å². The summed E-state index contributed by atoms with van der Waals surface area (Å²) in [5.41, 5.74) is 3.63. The molecule has 1 atom stereocenters. The molecule has 1 unspecified atom stereocenters. The Morgan fingerprint density at radius 1 is 1.15 bits per heavy atom. The number of hydrogen-bond acceptors (Lipinski definition) is 0. The summed E-state index contributed by atoms with van der Waals surface area (Å²) in [5.74, 6) is 0. The molecule has 0 radical (unpaired) electrons. The molecule has 0 aromatic rings. The second kappa shape index (κ2) is 2.37. The molecule has 70 valence electrons. The number of allylic oxidation sites excluding steroid dienone is 6. The number of rotatable bonds is 0. The highest BCUT2D eigenvalue weighted by Gasteiger charge is 2.41. The van der Waals surface area contributed by atoms with Gasteiger partial charge in [-0.05, 0) is 25.7 Å². The van der Waals surface area contributed by atoms with E-state index in [2.05, 4.69) is 52.0 Å². The first-order valence-corrected chi connectivity index (χ1v) is 5.04. The third kappa shape index (κ3) is 1.04. The van der Waals surface area contributed by atoms with Gasteiger partial charge < -0.3 is 0 Å². The fourth-order valence-corrected chi connectivity index (χ4v) is 2.62. The summed E-state index contributed by atoms with van der Waals surface area (Å²) < 4.78 is 0. The largest absolute Gasteiger partial charge is 0.0865 e. The lowest BCUT2D eigenvalue weighted by Gasteiger charge is -2.40. The number of fused-ring (bicyclic) bond motifs is 1. The molecule has 0 nitrogen and oxygen atoms in total. The van der Waals surface area contributed by atoms with Crippen LogP contribution in [0, 0.1) is 10.8 Å². The van der Waals surface area contributed by atoms with Gasteiger partial charge in [-0.15, -0.1) is 0 Å². The molecule has 0 saturated carbocycles. The van der Waals surface area contributed by atoms with Gasteiger partial charge in [-0.3, -0.25) is 0 Å². The first-order chi connectivity index (χ1) is 5.97. The lowest BCUT2D eigenvalue weighted by Crippen LogP contribution is -2.29. The van der Waals surface area contributed by atoms with Gasteiger partial charge in [0.15, 0.2) is 0 Å². The highest BCUT2D eigenvalue weighted by Crippen LogP contribution is 2.53. The van der Waals surface area contributed by atoms with E-state index in [0.29, 0.717) is 5.41 Å². The molecule has 0 aliphatic heterocycles. The topological polar surface area (TPSA) is 0 Å². The van der Waals surface area contributed by atoms with E-state index < -0.39 is 0 Å². The Labute approximate surface area is 81.0 Å². The minimum Gasteiger partial charge on any atom is -0.0865 e. The van der Waals surface area contributed by atoms with E-state index in [9.17, 15) is 0 Å². The van der Waals surface area contributed by atoms with Crippen LogP contribution >= 0.6 is 0 Å². The van der Waals surface area contributed by atoms with Crippen LogP contribution in [0.5, 0.6) is 0 Å². The zero-order chi connectivity index (χ0) is 9.69. The van der Waals surface area contributed by atoms with Gasteiger partial charge in [0.25, 0.3) is 0 Å². The smallest absolute Gasteiger partial charge is 0.0281 e. The van der Waals surface area contributed by atoms with Crippen molar-refractivity contribution in [3.8, 4) is 0 Å². The Morgan fingerprint density at radius 3 is 2.46 bits per heavy atom. The lowest BCUT2D eigenvalue weighted by atomic mass is 9.63. The van der Waals surface area contributed by atoms with E-state index in [4.69, 9.17) is 0 Å². The van der Waals surface area contributed by atoms with E-state index in [1.807, 2.05) is 0 Å². The predicted molar refractivity (Wildman–Crippen MR) is 57.5 cm³/mol. The predicted octanol–water partition coefficient (Wildman–Crippen LogP) is 3.87. The fraction of sp³-hybridized carbons (Fsp3) is 0.538. The van der Waals surface area contributed by atoms with Crippen LogP contribution in [0.1, 0.15) is 34.1 Å². The molecule has 0 amide bonds. The number of hydrogen-bond donors (Lipinski definition) is 0. The second-order valence-corrected chi connectivity index (χ2v) is 5.12. The van der Waals surface area contributed by atoms with Gasteiger partial charge in [0.05, 0.1) is 0 Å².